The standard InChI is InChI=1S/C23H28N2O3/c26-21-9-4-8-20(16-21)23(28)25-15-5-14-24-22(27)19-12-10-18(11-13-19)17-6-2-1-3-7-17/h4,8-13,16-17,26H,1-3,5-7,14-15H2,(H,24,27)(H,25,28). The highest BCUT2D eigenvalue weighted by Crippen LogP contribution is 2.32. The van der Waals surface area contributed by atoms with E-state index >= 15 is 0 Å². The van der Waals surface area contributed by atoms with Crippen LogP contribution in [0.15, 0.2) is 48.5 Å². The third kappa shape index (κ3) is 5.59. The summed E-state index contributed by atoms with van der Waals surface area (Å²) >= 11 is 0. The number of benzene rings is 2. The summed E-state index contributed by atoms with van der Waals surface area (Å²) in [7, 11) is 0. The Hall–Kier alpha value is -2.82. The molecule has 2 aromatic carbocycles. The molecule has 1 aliphatic rings. The van der Waals surface area contributed by atoms with Crippen LogP contribution < -0.4 is 10.6 Å². The van der Waals surface area contributed by atoms with Crippen LogP contribution in [-0.4, -0.2) is 30.0 Å². The van der Waals surface area contributed by atoms with Gasteiger partial charge in [0.05, 0.1) is 0 Å². The zero-order valence-electron chi connectivity index (χ0n) is 16.1. The molecule has 148 valence electrons. The van der Waals surface area contributed by atoms with Crippen LogP contribution in [0, 0.1) is 0 Å². The first-order valence-electron chi connectivity index (χ1n) is 10.1. The van der Waals surface area contributed by atoms with Gasteiger partial charge in [0.2, 0.25) is 0 Å². The second kappa shape index (κ2) is 9.93. The Morgan fingerprint density at radius 1 is 0.857 bits per heavy atom. The van der Waals surface area contributed by atoms with Crippen LogP contribution in [0.5, 0.6) is 5.75 Å². The van der Waals surface area contributed by atoms with Gasteiger partial charge in [0.15, 0.2) is 0 Å². The van der Waals surface area contributed by atoms with Gasteiger partial charge in [0.25, 0.3) is 11.8 Å². The normalized spacial score (nSPS) is 14.4. The maximum Gasteiger partial charge on any atom is 0.251 e. The molecule has 2 aromatic rings. The van der Waals surface area contributed by atoms with Gasteiger partial charge in [-0.15, -0.1) is 0 Å². The Labute approximate surface area is 166 Å². The maximum atomic E-state index is 12.3. The predicted molar refractivity (Wildman–Crippen MR) is 110 cm³/mol. The van der Waals surface area contributed by atoms with Crippen LogP contribution in [0.3, 0.4) is 0 Å². The molecule has 1 aliphatic carbocycles. The zero-order valence-corrected chi connectivity index (χ0v) is 16.1. The van der Waals surface area contributed by atoms with Crippen LogP contribution in [0.25, 0.3) is 0 Å². The van der Waals surface area contributed by atoms with Crippen molar-refractivity contribution in [3.8, 4) is 5.75 Å². The van der Waals surface area contributed by atoms with E-state index in [4.69, 9.17) is 0 Å². The van der Waals surface area contributed by atoms with E-state index in [9.17, 15) is 14.7 Å². The number of nitrogens with one attached hydrogen (secondary N) is 2. The van der Waals surface area contributed by atoms with Crippen LogP contribution >= 0.6 is 0 Å². The van der Waals surface area contributed by atoms with Gasteiger partial charge in [0.1, 0.15) is 5.75 Å². The lowest BCUT2D eigenvalue weighted by molar-refractivity contribution is 0.0951. The van der Waals surface area contributed by atoms with Gasteiger partial charge < -0.3 is 15.7 Å². The van der Waals surface area contributed by atoms with Crippen molar-refractivity contribution < 1.29 is 14.7 Å². The fourth-order valence-corrected chi connectivity index (χ4v) is 3.69. The van der Waals surface area contributed by atoms with Crippen molar-refractivity contribution in [1.29, 1.82) is 0 Å². The van der Waals surface area contributed by atoms with E-state index in [2.05, 4.69) is 22.8 Å². The molecule has 0 unspecified atom stereocenters. The lowest BCUT2D eigenvalue weighted by atomic mass is 9.84. The van der Waals surface area contributed by atoms with Gasteiger partial charge in [-0.3, -0.25) is 9.59 Å². The van der Waals surface area contributed by atoms with Gasteiger partial charge in [-0.2, -0.15) is 0 Å². The van der Waals surface area contributed by atoms with E-state index < -0.39 is 0 Å². The largest absolute Gasteiger partial charge is 0.508 e. The molecule has 5 nitrogen and oxygen atoms in total. The van der Waals surface area contributed by atoms with Crippen molar-refractivity contribution in [2.45, 2.75) is 44.4 Å². The van der Waals surface area contributed by atoms with Crippen LogP contribution in [0.4, 0.5) is 0 Å². The molecule has 0 aromatic heterocycles. The second-order valence-corrected chi connectivity index (χ2v) is 7.37. The zero-order chi connectivity index (χ0) is 19.8. The summed E-state index contributed by atoms with van der Waals surface area (Å²) in [6.07, 6.45) is 7.07. The first-order chi connectivity index (χ1) is 13.6. The molecule has 0 atom stereocenters. The number of hydrogen-bond acceptors (Lipinski definition) is 3. The van der Waals surface area contributed by atoms with Crippen molar-refractivity contribution >= 4 is 11.8 Å². The molecule has 0 heterocycles. The minimum absolute atomic E-state index is 0.0643. The number of aromatic hydroxyl groups is 1. The highest BCUT2D eigenvalue weighted by molar-refractivity contribution is 5.95. The van der Waals surface area contributed by atoms with E-state index in [0.717, 1.165) is 0 Å². The Bertz CT molecular complexity index is 796. The Balaban J connectivity index is 1.37. The number of rotatable bonds is 7. The van der Waals surface area contributed by atoms with Crippen LogP contribution in [0.1, 0.15) is 70.7 Å². The molecule has 1 saturated carbocycles. The van der Waals surface area contributed by atoms with Gasteiger partial charge >= 0.3 is 0 Å². The number of hydrogen-bond donors (Lipinski definition) is 3. The average Bonchev–Trinajstić information content (AvgIpc) is 2.74. The lowest BCUT2D eigenvalue weighted by Gasteiger charge is -2.22. The monoisotopic (exact) mass is 380 g/mol. The van der Waals surface area contributed by atoms with E-state index in [1.165, 1.54) is 49.8 Å². The minimum atomic E-state index is -0.236. The smallest absolute Gasteiger partial charge is 0.251 e. The molecule has 0 aliphatic heterocycles. The molecule has 0 radical (unpaired) electrons. The lowest BCUT2D eigenvalue weighted by Crippen LogP contribution is -2.29. The first kappa shape index (κ1) is 19.9. The molecule has 3 N–H and O–H groups in total. The molecule has 0 saturated heterocycles. The maximum absolute atomic E-state index is 12.3. The number of amides is 2. The van der Waals surface area contributed by atoms with E-state index in [1.54, 1.807) is 12.1 Å². The minimum Gasteiger partial charge on any atom is -0.508 e. The van der Waals surface area contributed by atoms with Crippen molar-refractivity contribution in [2.24, 2.45) is 0 Å². The van der Waals surface area contributed by atoms with Gasteiger partial charge in [0, 0.05) is 24.2 Å². The summed E-state index contributed by atoms with van der Waals surface area (Å²) in [5.41, 5.74) is 2.43. The number of phenols is 1. The van der Waals surface area contributed by atoms with Gasteiger partial charge in [-0.25, -0.2) is 0 Å². The third-order valence-corrected chi connectivity index (χ3v) is 5.28. The van der Waals surface area contributed by atoms with Crippen LogP contribution in [-0.2, 0) is 0 Å². The predicted octanol–water partition coefficient (Wildman–Crippen LogP) is 3.99. The van der Waals surface area contributed by atoms with E-state index in [-0.39, 0.29) is 17.6 Å². The summed E-state index contributed by atoms with van der Waals surface area (Å²) in [5, 5.41) is 15.1. The molecule has 0 spiro atoms. The Kier molecular flexibility index (Phi) is 7.06. The topological polar surface area (TPSA) is 78.4 Å². The summed E-state index contributed by atoms with van der Waals surface area (Å²) in [5.74, 6) is 0.380. The van der Waals surface area contributed by atoms with Crippen LogP contribution in [0.2, 0.25) is 0 Å². The molecule has 0 bridgehead atoms. The number of carbonyl (C=O) groups excluding carboxylic acids is 2. The molecule has 1 fully saturated rings. The molecule has 28 heavy (non-hydrogen) atoms. The quantitative estimate of drug-likeness (QED) is 0.636. The first-order valence-corrected chi connectivity index (χ1v) is 10.1. The molecular weight excluding hydrogens is 352 g/mol. The Morgan fingerprint density at radius 2 is 1.50 bits per heavy atom. The summed E-state index contributed by atoms with van der Waals surface area (Å²) < 4.78 is 0. The van der Waals surface area contributed by atoms with Crippen molar-refractivity contribution in [1.82, 2.24) is 10.6 Å². The van der Waals surface area contributed by atoms with Gasteiger partial charge in [-0.1, -0.05) is 37.5 Å². The molecule has 3 rings (SSSR count). The van der Waals surface area contributed by atoms with E-state index in [0.29, 0.717) is 36.6 Å². The number of carbonyl (C=O) groups is 2. The SMILES string of the molecule is O=C(NCCCNC(=O)c1cccc(O)c1)c1ccc(C2CCCCC2)cc1. The summed E-state index contributed by atoms with van der Waals surface area (Å²) in [4.78, 5) is 24.2. The van der Waals surface area contributed by atoms with Crippen molar-refractivity contribution in [3.05, 3.63) is 65.2 Å². The van der Waals surface area contributed by atoms with E-state index in [1.807, 2.05) is 12.1 Å². The average molecular weight is 380 g/mol. The second-order valence-electron chi connectivity index (χ2n) is 7.37. The van der Waals surface area contributed by atoms with Gasteiger partial charge in [-0.05, 0) is 61.1 Å². The highest BCUT2D eigenvalue weighted by atomic mass is 16.3. The Morgan fingerprint density at radius 3 is 2.14 bits per heavy atom. The summed E-state index contributed by atoms with van der Waals surface area (Å²) in [6.45, 7) is 0.943. The molecule has 2 amide bonds. The molecule has 5 heteroatoms. The number of phenolic OH excluding ortho intramolecular Hbond substituents is 1. The molecular formula is C23H28N2O3. The van der Waals surface area contributed by atoms with Crippen molar-refractivity contribution in [3.63, 3.8) is 0 Å². The summed E-state index contributed by atoms with van der Waals surface area (Å²) in [6, 6.07) is 14.2. The third-order valence-electron chi connectivity index (χ3n) is 5.28. The van der Waals surface area contributed by atoms with Crippen molar-refractivity contribution in [2.75, 3.05) is 13.1 Å². The fraction of sp³-hybridized carbons (Fsp3) is 0.391. The fourth-order valence-electron chi connectivity index (χ4n) is 3.69. The highest BCUT2D eigenvalue weighted by Gasteiger charge is 2.15.